The number of ether oxygens (including phenoxy) is 1. The van der Waals surface area contributed by atoms with Gasteiger partial charge in [-0.25, -0.2) is 0 Å². The molecule has 3 saturated heterocycles. The van der Waals surface area contributed by atoms with Gasteiger partial charge in [-0.2, -0.15) is 16.8 Å². The predicted octanol–water partition coefficient (Wildman–Crippen LogP) is 6.30. The number of carbonyl (C=O) groups excluding carboxylic acids is 7. The highest BCUT2D eigenvalue weighted by Crippen LogP contribution is 2.28. The normalized spacial score (nSPS) is 20.6. The maximum atomic E-state index is 14.4. The van der Waals surface area contributed by atoms with E-state index in [1.54, 1.807) is 60.7 Å². The number of rotatable bonds is 19. The van der Waals surface area contributed by atoms with E-state index in [-0.39, 0.29) is 92.2 Å². The molecule has 0 aromatic heterocycles. The van der Waals surface area contributed by atoms with Gasteiger partial charge in [0.1, 0.15) is 47.8 Å². The molecule has 3 fully saturated rings. The number of amides is 7. The van der Waals surface area contributed by atoms with E-state index >= 15 is 0 Å². The summed E-state index contributed by atoms with van der Waals surface area (Å²) in [5, 5.41) is 34.9. The second-order valence-electron chi connectivity index (χ2n) is 25.3. The van der Waals surface area contributed by atoms with Crippen LogP contribution in [0.5, 0.6) is 11.5 Å². The number of aromatic hydroxyl groups is 1. The summed E-state index contributed by atoms with van der Waals surface area (Å²) in [6.45, 7) is 8.27. The zero-order chi connectivity index (χ0) is 72.7. The monoisotopic (exact) mass is 1420 g/mol. The number of nitrogens with zero attached hydrogens (tertiary/aromatic N) is 2. The van der Waals surface area contributed by atoms with E-state index in [0.29, 0.717) is 19.4 Å². The number of unbranched alkanes of at least 4 members (excludes halogenated alkanes) is 3. The fourth-order valence-electron chi connectivity index (χ4n) is 11.7. The molecule has 9 rings (SSSR count). The lowest BCUT2D eigenvalue weighted by molar-refractivity contribution is -0.144. The van der Waals surface area contributed by atoms with Gasteiger partial charge in [-0.1, -0.05) is 122 Å². The minimum atomic E-state index is -4.02. The van der Waals surface area contributed by atoms with Gasteiger partial charge >= 0.3 is 0 Å². The third kappa shape index (κ3) is 23.3. The Bertz CT molecular complexity index is 3870. The van der Waals surface area contributed by atoms with Gasteiger partial charge in [-0.3, -0.25) is 42.7 Å². The predicted molar refractivity (Wildman–Crippen MR) is 377 cm³/mol. The Kier molecular flexibility index (Phi) is 29.2. The second-order valence-corrected chi connectivity index (χ2v) is 28.1. The summed E-state index contributed by atoms with van der Waals surface area (Å²) in [5.74, 6) is -3.61. The molecule has 6 aromatic carbocycles. The molecule has 0 radical (unpaired) electrons. The molecule has 3 heterocycles. The highest BCUT2D eigenvalue weighted by atomic mass is 32.2. The largest absolute Gasteiger partial charge is 0.508 e. The average Bonchev–Trinajstić information content (AvgIpc) is 1.61. The Labute approximate surface area is 584 Å². The number of hydrogen-bond acceptors (Lipinski definition) is 16. The van der Waals surface area contributed by atoms with Gasteiger partial charge in [-0.15, -0.1) is 0 Å². The maximum Gasteiger partial charge on any atom is 0.294 e. The number of nitrogens with two attached hydrogens (primary N) is 2. The fraction of sp³-hybridized carbons (Fsp3) is 0.411. The van der Waals surface area contributed by atoms with Crippen molar-refractivity contribution in [3.05, 3.63) is 168 Å². The minimum Gasteiger partial charge on any atom is -0.508 e. The molecule has 25 nitrogen and oxygen atoms in total. The van der Waals surface area contributed by atoms with Crippen LogP contribution in [0.2, 0.25) is 0 Å². The lowest BCUT2D eigenvalue weighted by atomic mass is 9.99. The molecule has 8 atom stereocenters. The SMILES string of the molecule is CCCCCCOc1ccc(-c2ccc(-c3ccc(C(=O)N[C@H]4CCCNC(=O)[C@@H]5C[C@H](N)CN5C(=O)[C@H](CCCN)NC(=O)[C@H](CCc5ccc(O)cc5)NC(=O)[C@@H]5CCCN5C(=O)[C@H]([C@@H](C)O)NC4=O)cc3)cc2)cc1.Cc1ccc(S(=O)(=O)O)cc1.Cc1ccc(S(=O)(=O)O)cc1. The molecular weight excluding hydrogens is 1320 g/mol. The van der Waals surface area contributed by atoms with E-state index in [4.69, 9.17) is 25.3 Å². The zero-order valence-corrected chi connectivity index (χ0v) is 58.4. The first kappa shape index (κ1) is 78.3. The fourth-order valence-corrected chi connectivity index (χ4v) is 12.7. The number of benzene rings is 6. The quantitative estimate of drug-likeness (QED) is 0.0313. The third-order valence-corrected chi connectivity index (χ3v) is 19.2. The number of carbonyl (C=O) groups is 7. The van der Waals surface area contributed by atoms with E-state index < -0.39 is 110 Å². The molecule has 6 aromatic rings. The van der Waals surface area contributed by atoms with Crippen molar-refractivity contribution in [2.75, 3.05) is 32.8 Å². The first-order valence-electron chi connectivity index (χ1n) is 33.7. The maximum absolute atomic E-state index is 14.4. The van der Waals surface area contributed by atoms with Crippen LogP contribution in [-0.4, -0.2) is 168 Å². The summed E-state index contributed by atoms with van der Waals surface area (Å²) >= 11 is 0. The number of hydrogen-bond donors (Lipinski definition) is 11. The van der Waals surface area contributed by atoms with Gasteiger partial charge in [0, 0.05) is 31.2 Å². The van der Waals surface area contributed by atoms with Crippen LogP contribution < -0.4 is 42.8 Å². The lowest BCUT2D eigenvalue weighted by Gasteiger charge is -2.32. The first-order chi connectivity index (χ1) is 47.6. The molecule has 0 aliphatic carbocycles. The van der Waals surface area contributed by atoms with Crippen molar-refractivity contribution in [2.45, 2.75) is 169 Å². The van der Waals surface area contributed by atoms with Crippen LogP contribution in [0.1, 0.15) is 118 Å². The van der Waals surface area contributed by atoms with Gasteiger partial charge in [0.25, 0.3) is 26.1 Å². The van der Waals surface area contributed by atoms with E-state index in [1.165, 1.54) is 66.0 Å². The summed E-state index contributed by atoms with van der Waals surface area (Å²) < 4.78 is 65.0. The number of fused-ring (bicyclic) bond motifs is 2. The number of phenols is 1. The van der Waals surface area contributed by atoms with Crippen molar-refractivity contribution >= 4 is 61.6 Å². The van der Waals surface area contributed by atoms with Gasteiger partial charge in [-0.05, 0) is 180 Å². The average molecular weight is 1420 g/mol. The van der Waals surface area contributed by atoms with Crippen LogP contribution in [0.25, 0.3) is 22.3 Å². The zero-order valence-electron chi connectivity index (χ0n) is 56.8. The Morgan fingerprint density at radius 2 is 1.17 bits per heavy atom. The molecule has 0 spiro atoms. The Morgan fingerprint density at radius 3 is 1.71 bits per heavy atom. The van der Waals surface area contributed by atoms with Crippen LogP contribution in [0.15, 0.2) is 155 Å². The van der Waals surface area contributed by atoms with Crippen molar-refractivity contribution < 1.29 is 74.5 Å². The highest BCUT2D eigenvalue weighted by molar-refractivity contribution is 7.86. The summed E-state index contributed by atoms with van der Waals surface area (Å²) in [4.78, 5) is 102. The second kappa shape index (κ2) is 37.4. The molecule has 13 N–H and O–H groups in total. The van der Waals surface area contributed by atoms with Crippen LogP contribution in [0.3, 0.4) is 0 Å². The van der Waals surface area contributed by atoms with Crippen molar-refractivity contribution in [1.29, 1.82) is 0 Å². The minimum absolute atomic E-state index is 0.0158. The molecule has 100 heavy (non-hydrogen) atoms. The van der Waals surface area contributed by atoms with E-state index in [0.717, 1.165) is 57.5 Å². The Hall–Kier alpha value is -9.09. The molecule has 3 aliphatic rings. The highest BCUT2D eigenvalue weighted by Gasteiger charge is 2.44. The topological polar surface area (TPSA) is 397 Å². The van der Waals surface area contributed by atoms with Gasteiger partial charge in [0.05, 0.1) is 22.5 Å². The van der Waals surface area contributed by atoms with Crippen LogP contribution in [0.4, 0.5) is 0 Å². The molecule has 0 saturated carbocycles. The van der Waals surface area contributed by atoms with Gasteiger partial charge < -0.3 is 62.8 Å². The number of aliphatic hydroxyl groups is 1. The number of nitrogens with one attached hydrogen (secondary N) is 5. The first-order valence-corrected chi connectivity index (χ1v) is 36.6. The Morgan fingerprint density at radius 1 is 0.620 bits per heavy atom. The van der Waals surface area contributed by atoms with E-state index in [2.05, 4.69) is 33.5 Å². The van der Waals surface area contributed by atoms with Crippen molar-refractivity contribution in [1.82, 2.24) is 36.4 Å². The summed E-state index contributed by atoms with van der Waals surface area (Å²) in [6.07, 6.45) is 4.83. The van der Waals surface area contributed by atoms with Crippen molar-refractivity contribution in [3.8, 4) is 33.8 Å². The number of aryl methyl sites for hydroxylation is 3. The smallest absolute Gasteiger partial charge is 0.294 e. The third-order valence-electron chi connectivity index (χ3n) is 17.5. The number of aliphatic hydroxyl groups excluding tert-OH is 1. The lowest BCUT2D eigenvalue weighted by Crippen LogP contribution is -2.61. The molecule has 0 bridgehead atoms. The molecule has 27 heteroatoms. The van der Waals surface area contributed by atoms with Gasteiger partial charge in [0.2, 0.25) is 35.4 Å². The molecule has 3 aliphatic heterocycles. The van der Waals surface area contributed by atoms with Crippen molar-refractivity contribution in [3.63, 3.8) is 0 Å². The van der Waals surface area contributed by atoms with Crippen LogP contribution in [-0.2, 0) is 55.4 Å². The number of phenolic OH excluding ortho intramolecular Hbond substituents is 1. The molecule has 0 unspecified atom stereocenters. The summed E-state index contributed by atoms with van der Waals surface area (Å²) in [6, 6.07) is 33.6. The summed E-state index contributed by atoms with van der Waals surface area (Å²) in [5.41, 5.74) is 19.0. The van der Waals surface area contributed by atoms with Crippen LogP contribution >= 0.6 is 0 Å². The van der Waals surface area contributed by atoms with E-state index in [1.807, 2.05) is 62.4 Å². The standard InChI is InChI=1S/C59H77N9O10.2C7H8O3S/c1-3-4-5-6-34-78-46-28-24-42(25-29-46)40-18-16-39(17-19-40)41-20-22-43(23-21-41)53(71)63-47-11-8-32-62-56(74)51-35-44(61)36-68(51)58(76)49(10-7-31-60)65-54(72)48(30-15-38-13-26-45(70)27-14-38)64-57(75)50-12-9-33-67(50)59(77)52(37(2)69)66-55(47)73;2*1-6-2-4-7(5-3-6)11(8,9)10/h13-14,16-29,37,44,47-52,69-70H,3-12,15,30-36,60-61H2,1-2H3,(H,62,74)(H,63,71)(H,64,75)(H,65,72)(H,66,73);2*2-5H,1H3,(H,8,9,10)/t37-,44+,47+,48+,49+,50+,51+,52+;;/m1../s1. The van der Waals surface area contributed by atoms with E-state index in [9.17, 15) is 60.6 Å². The van der Waals surface area contributed by atoms with Gasteiger partial charge in [0.15, 0.2) is 0 Å². The van der Waals surface area contributed by atoms with Crippen molar-refractivity contribution in [2.24, 2.45) is 11.5 Å². The molecule has 538 valence electrons. The Balaban J connectivity index is 0.000000539. The molecule has 7 amide bonds. The van der Waals surface area contributed by atoms with Crippen LogP contribution in [0, 0.1) is 13.8 Å². The molecular formula is C73H93N9O16S2. The summed E-state index contributed by atoms with van der Waals surface area (Å²) in [7, 11) is -8.04.